The van der Waals surface area contributed by atoms with E-state index < -0.39 is 11.5 Å². The van der Waals surface area contributed by atoms with Crippen LogP contribution in [0.2, 0.25) is 0 Å². The minimum Gasteiger partial charge on any atom is -0.479 e. The zero-order valence-corrected chi connectivity index (χ0v) is 12.5. The quantitative estimate of drug-likeness (QED) is 0.890. The van der Waals surface area contributed by atoms with E-state index in [1.165, 1.54) is 6.42 Å². The maximum atomic E-state index is 12.3. The molecule has 0 atom stereocenters. The molecule has 0 spiro atoms. The Morgan fingerprint density at radius 1 is 1.10 bits per heavy atom. The van der Waals surface area contributed by atoms with Crippen molar-refractivity contribution in [2.24, 2.45) is 23.7 Å². The molecule has 5 rings (SSSR count). The third-order valence-electron chi connectivity index (χ3n) is 6.27. The number of nitrogens with one attached hydrogen (secondary N) is 1. The van der Waals surface area contributed by atoms with E-state index in [0.717, 1.165) is 48.8 Å². The molecule has 2 N–H and O–H groups in total. The number of benzene rings is 1. The van der Waals surface area contributed by atoms with E-state index in [2.05, 4.69) is 5.32 Å². The molecule has 3 nitrogen and oxygen atoms in total. The van der Waals surface area contributed by atoms with Gasteiger partial charge in [0.05, 0.1) is 0 Å². The second-order valence-corrected chi connectivity index (χ2v) is 7.42. The molecule has 112 valence electrons. The van der Waals surface area contributed by atoms with E-state index >= 15 is 0 Å². The molecule has 0 amide bonds. The van der Waals surface area contributed by atoms with Gasteiger partial charge in [-0.2, -0.15) is 0 Å². The van der Waals surface area contributed by atoms with Gasteiger partial charge in [-0.3, -0.25) is 0 Å². The van der Waals surface area contributed by atoms with Gasteiger partial charge >= 0.3 is 5.97 Å². The van der Waals surface area contributed by atoms with Crippen molar-refractivity contribution in [3.63, 3.8) is 0 Å². The van der Waals surface area contributed by atoms with E-state index in [-0.39, 0.29) is 0 Å². The first-order chi connectivity index (χ1) is 10.1. The molecule has 1 aromatic rings. The van der Waals surface area contributed by atoms with Crippen LogP contribution in [0.15, 0.2) is 24.3 Å². The molecule has 0 aliphatic heterocycles. The Bertz CT molecular complexity index is 552. The summed E-state index contributed by atoms with van der Waals surface area (Å²) in [5.41, 5.74) is 1.39. The van der Waals surface area contributed by atoms with Crippen LogP contribution in [-0.4, -0.2) is 16.6 Å². The molecule has 3 heteroatoms. The Morgan fingerprint density at radius 2 is 1.67 bits per heavy atom. The van der Waals surface area contributed by atoms with Gasteiger partial charge in [0.15, 0.2) is 0 Å². The molecule has 1 aromatic carbocycles. The summed E-state index contributed by atoms with van der Waals surface area (Å²) in [4.78, 5) is 12.3. The van der Waals surface area contributed by atoms with Crippen LogP contribution in [0.25, 0.3) is 0 Å². The van der Waals surface area contributed by atoms with E-state index in [1.54, 1.807) is 0 Å². The highest BCUT2D eigenvalue weighted by Crippen LogP contribution is 2.59. The number of para-hydroxylation sites is 1. The van der Waals surface area contributed by atoms with Crippen molar-refractivity contribution < 1.29 is 9.90 Å². The van der Waals surface area contributed by atoms with Crippen LogP contribution in [0, 0.1) is 30.6 Å². The first-order valence-electron chi connectivity index (χ1n) is 8.16. The van der Waals surface area contributed by atoms with Crippen molar-refractivity contribution in [1.29, 1.82) is 0 Å². The lowest BCUT2D eigenvalue weighted by Crippen LogP contribution is -2.66. The molecule has 0 saturated heterocycles. The molecule has 0 unspecified atom stereocenters. The highest BCUT2D eigenvalue weighted by atomic mass is 16.4. The van der Waals surface area contributed by atoms with Crippen molar-refractivity contribution in [3.05, 3.63) is 29.8 Å². The summed E-state index contributed by atoms with van der Waals surface area (Å²) in [7, 11) is 0. The Hall–Kier alpha value is -1.51. The predicted molar refractivity (Wildman–Crippen MR) is 82.2 cm³/mol. The number of hydrogen-bond donors (Lipinski definition) is 2. The first kappa shape index (κ1) is 13.2. The summed E-state index contributed by atoms with van der Waals surface area (Å²) in [6.07, 6.45) is 5.72. The summed E-state index contributed by atoms with van der Waals surface area (Å²) in [6, 6.07) is 8.06. The maximum Gasteiger partial charge on any atom is 0.329 e. The number of hydrogen-bond acceptors (Lipinski definition) is 2. The van der Waals surface area contributed by atoms with E-state index in [0.29, 0.717) is 11.8 Å². The smallest absolute Gasteiger partial charge is 0.329 e. The number of carboxylic acids is 1. The van der Waals surface area contributed by atoms with Gasteiger partial charge in [-0.05, 0) is 74.3 Å². The van der Waals surface area contributed by atoms with Gasteiger partial charge in [0.25, 0.3) is 0 Å². The molecular formula is C18H23NO2. The summed E-state index contributed by atoms with van der Waals surface area (Å²) >= 11 is 0. The Kier molecular flexibility index (Phi) is 2.82. The lowest BCUT2D eigenvalue weighted by molar-refractivity contribution is -0.157. The number of anilines is 1. The topological polar surface area (TPSA) is 49.3 Å². The lowest BCUT2D eigenvalue weighted by atomic mass is 9.48. The maximum absolute atomic E-state index is 12.3. The number of carboxylic acid groups (broad SMARTS) is 1. The standard InChI is InChI=1S/C18H23NO2/c1-11-4-2-3-5-16(11)19-18(17(20)21)14-7-12-6-13(9-14)10-15(18)8-12/h2-5,12-15,19H,6-10H2,1H3,(H,20,21). The van der Waals surface area contributed by atoms with Crippen LogP contribution in [0.1, 0.15) is 37.7 Å². The van der Waals surface area contributed by atoms with Crippen LogP contribution in [-0.2, 0) is 4.79 Å². The molecule has 4 saturated carbocycles. The van der Waals surface area contributed by atoms with Gasteiger partial charge in [-0.1, -0.05) is 18.2 Å². The van der Waals surface area contributed by atoms with Gasteiger partial charge in [0.1, 0.15) is 5.54 Å². The van der Waals surface area contributed by atoms with Crippen molar-refractivity contribution in [2.45, 2.75) is 44.6 Å². The SMILES string of the molecule is Cc1ccccc1NC1(C(=O)O)C2CC3CC(C2)CC1C3. The average Bonchev–Trinajstić information content (AvgIpc) is 2.44. The number of aryl methyl sites for hydroxylation is 1. The molecule has 21 heavy (non-hydrogen) atoms. The monoisotopic (exact) mass is 285 g/mol. The fourth-order valence-electron chi connectivity index (χ4n) is 5.47. The molecule has 4 fully saturated rings. The van der Waals surface area contributed by atoms with Crippen molar-refractivity contribution >= 4 is 11.7 Å². The predicted octanol–water partition coefficient (Wildman–Crippen LogP) is 3.69. The highest BCUT2D eigenvalue weighted by molar-refractivity contribution is 5.84. The zero-order valence-electron chi connectivity index (χ0n) is 12.5. The lowest BCUT2D eigenvalue weighted by Gasteiger charge is -2.59. The van der Waals surface area contributed by atoms with Crippen molar-refractivity contribution in [2.75, 3.05) is 5.32 Å². The molecule has 4 aliphatic carbocycles. The normalized spacial score (nSPS) is 40.2. The number of rotatable bonds is 3. The molecule has 0 radical (unpaired) electrons. The Labute approximate surface area is 125 Å². The van der Waals surface area contributed by atoms with Crippen LogP contribution in [0.5, 0.6) is 0 Å². The molecule has 4 bridgehead atoms. The summed E-state index contributed by atoms with van der Waals surface area (Å²) in [5.74, 6) is 1.51. The average molecular weight is 285 g/mol. The first-order valence-corrected chi connectivity index (χ1v) is 8.16. The molecule has 0 aromatic heterocycles. The van der Waals surface area contributed by atoms with Crippen LogP contribution in [0.3, 0.4) is 0 Å². The highest BCUT2D eigenvalue weighted by Gasteiger charge is 2.61. The Balaban J connectivity index is 1.74. The van der Waals surface area contributed by atoms with Crippen molar-refractivity contribution in [3.8, 4) is 0 Å². The molecule has 4 aliphatic rings. The third kappa shape index (κ3) is 1.82. The van der Waals surface area contributed by atoms with Gasteiger partial charge in [-0.15, -0.1) is 0 Å². The van der Waals surface area contributed by atoms with E-state index in [9.17, 15) is 9.90 Å². The minimum atomic E-state index is -0.737. The summed E-state index contributed by atoms with van der Waals surface area (Å²) in [5, 5.41) is 13.6. The number of carbonyl (C=O) groups is 1. The van der Waals surface area contributed by atoms with Gasteiger partial charge in [-0.25, -0.2) is 4.79 Å². The van der Waals surface area contributed by atoms with E-state index in [4.69, 9.17) is 0 Å². The molecule has 0 heterocycles. The van der Waals surface area contributed by atoms with E-state index in [1.807, 2.05) is 31.2 Å². The number of aliphatic carboxylic acids is 1. The second-order valence-electron chi connectivity index (χ2n) is 7.42. The Morgan fingerprint density at radius 3 is 2.19 bits per heavy atom. The largest absolute Gasteiger partial charge is 0.479 e. The minimum absolute atomic E-state index is 0.297. The zero-order chi connectivity index (χ0) is 14.6. The summed E-state index contributed by atoms with van der Waals surface area (Å²) in [6.45, 7) is 2.05. The van der Waals surface area contributed by atoms with Crippen LogP contribution < -0.4 is 5.32 Å². The molecular weight excluding hydrogens is 262 g/mol. The van der Waals surface area contributed by atoms with Gasteiger partial charge in [0.2, 0.25) is 0 Å². The fraction of sp³-hybridized carbons (Fsp3) is 0.611. The van der Waals surface area contributed by atoms with Gasteiger partial charge < -0.3 is 10.4 Å². The third-order valence-corrected chi connectivity index (χ3v) is 6.27. The fourth-order valence-corrected chi connectivity index (χ4v) is 5.47. The van der Waals surface area contributed by atoms with Gasteiger partial charge in [0, 0.05) is 5.69 Å². The van der Waals surface area contributed by atoms with Crippen molar-refractivity contribution in [1.82, 2.24) is 0 Å². The summed E-state index contributed by atoms with van der Waals surface area (Å²) < 4.78 is 0. The van der Waals surface area contributed by atoms with Crippen LogP contribution >= 0.6 is 0 Å². The van der Waals surface area contributed by atoms with Crippen LogP contribution in [0.4, 0.5) is 5.69 Å². The second kappa shape index (κ2) is 4.49.